The molecule has 2 aromatic carbocycles. The van der Waals surface area contributed by atoms with Crippen molar-refractivity contribution in [2.45, 2.75) is 13.1 Å². The van der Waals surface area contributed by atoms with Crippen molar-refractivity contribution in [1.29, 1.82) is 0 Å². The van der Waals surface area contributed by atoms with E-state index in [4.69, 9.17) is 39.8 Å². The van der Waals surface area contributed by atoms with Crippen LogP contribution in [-0.4, -0.2) is 11.0 Å². The minimum absolute atomic E-state index is 0.00985. The van der Waals surface area contributed by atoms with Gasteiger partial charge in [-0.2, -0.15) is 13.2 Å². The second kappa shape index (κ2) is 8.67. The van der Waals surface area contributed by atoms with Gasteiger partial charge < -0.3 is 9.73 Å². The number of furan rings is 1. The first kappa shape index (κ1) is 22.1. The fraction of sp³-hybridized carbons (Fsp3) is 0.100. The molecule has 1 aromatic heterocycles. The Morgan fingerprint density at radius 3 is 2.40 bits per heavy atom. The molecule has 0 aliphatic heterocycles. The highest BCUT2D eigenvalue weighted by Crippen LogP contribution is 2.33. The van der Waals surface area contributed by atoms with Crippen molar-refractivity contribution < 1.29 is 22.4 Å². The van der Waals surface area contributed by atoms with Crippen molar-refractivity contribution in [3.8, 4) is 11.3 Å². The lowest BCUT2D eigenvalue weighted by molar-refractivity contribution is -0.137. The van der Waals surface area contributed by atoms with Crippen molar-refractivity contribution >= 4 is 52.1 Å². The average Bonchev–Trinajstić information content (AvgIpc) is 3.15. The fourth-order valence-corrected chi connectivity index (χ4v) is 3.08. The van der Waals surface area contributed by atoms with Crippen LogP contribution in [0.1, 0.15) is 21.7 Å². The highest BCUT2D eigenvalue weighted by Gasteiger charge is 2.31. The van der Waals surface area contributed by atoms with Gasteiger partial charge in [0.1, 0.15) is 5.76 Å². The minimum atomic E-state index is -4.52. The molecule has 3 rings (SSSR count). The molecule has 0 spiro atoms. The van der Waals surface area contributed by atoms with Crippen LogP contribution in [0.25, 0.3) is 11.3 Å². The van der Waals surface area contributed by atoms with Crippen molar-refractivity contribution in [2.75, 3.05) is 5.32 Å². The van der Waals surface area contributed by atoms with E-state index in [1.54, 1.807) is 18.2 Å². The molecule has 10 heteroatoms. The second-order valence-electron chi connectivity index (χ2n) is 6.23. The number of amides is 1. The number of hydrogen-bond acceptors (Lipinski definition) is 3. The number of aryl methyl sites for hydroxylation is 1. The van der Waals surface area contributed by atoms with Crippen molar-refractivity contribution in [2.24, 2.45) is 0 Å². The lowest BCUT2D eigenvalue weighted by Crippen LogP contribution is -2.34. The number of benzene rings is 2. The van der Waals surface area contributed by atoms with E-state index < -0.39 is 17.6 Å². The number of carbonyl (C=O) groups excluding carboxylic acids is 1. The summed E-state index contributed by atoms with van der Waals surface area (Å²) < 4.78 is 43.7. The van der Waals surface area contributed by atoms with E-state index in [1.165, 1.54) is 6.07 Å². The van der Waals surface area contributed by atoms with Crippen LogP contribution in [0.15, 0.2) is 52.9 Å². The number of nitrogens with one attached hydrogen (secondary N) is 2. The number of carbonyl (C=O) groups is 1. The van der Waals surface area contributed by atoms with E-state index in [0.717, 1.165) is 23.8 Å². The summed E-state index contributed by atoms with van der Waals surface area (Å²) in [7, 11) is 0. The van der Waals surface area contributed by atoms with Gasteiger partial charge >= 0.3 is 6.18 Å². The zero-order valence-electron chi connectivity index (χ0n) is 15.2. The maximum atomic E-state index is 12.7. The molecule has 3 aromatic rings. The Labute approximate surface area is 185 Å². The first-order chi connectivity index (χ1) is 14.0. The first-order valence-corrected chi connectivity index (χ1v) is 9.56. The summed E-state index contributed by atoms with van der Waals surface area (Å²) in [6.45, 7) is 1.87. The molecule has 0 bridgehead atoms. The molecule has 0 fully saturated rings. The summed E-state index contributed by atoms with van der Waals surface area (Å²) in [5.41, 5.74) is 0.821. The molecule has 30 heavy (non-hydrogen) atoms. The van der Waals surface area contributed by atoms with E-state index >= 15 is 0 Å². The molecular formula is C20H13Cl2F3N2O2S. The van der Waals surface area contributed by atoms with Crippen LogP contribution >= 0.6 is 35.4 Å². The van der Waals surface area contributed by atoms with Gasteiger partial charge in [0.25, 0.3) is 5.91 Å². The highest BCUT2D eigenvalue weighted by atomic mass is 35.5. The fourth-order valence-electron chi connectivity index (χ4n) is 2.47. The summed E-state index contributed by atoms with van der Waals surface area (Å²) in [6, 6.07) is 11.2. The Hall–Kier alpha value is -2.55. The Morgan fingerprint density at radius 1 is 1.03 bits per heavy atom. The van der Waals surface area contributed by atoms with Gasteiger partial charge in [-0.1, -0.05) is 35.3 Å². The molecule has 0 aliphatic carbocycles. The standard InChI is InChI=1S/C20H13Cl2F3N2O2S/c1-10-2-3-11(8-13(10)21)16-6-7-17(29-16)18(28)27-19(30)26-15-5-4-12(9-14(15)22)20(23,24)25/h2-9H,1H3,(H2,26,27,28,30). The minimum Gasteiger partial charge on any atom is -0.451 e. The number of rotatable bonds is 3. The number of anilines is 1. The number of hydrogen-bond donors (Lipinski definition) is 2. The summed E-state index contributed by atoms with van der Waals surface area (Å²) in [4.78, 5) is 12.3. The molecule has 0 saturated carbocycles. The Morgan fingerprint density at radius 2 is 1.77 bits per heavy atom. The van der Waals surface area contributed by atoms with E-state index in [2.05, 4.69) is 10.6 Å². The largest absolute Gasteiger partial charge is 0.451 e. The van der Waals surface area contributed by atoms with Crippen molar-refractivity contribution in [3.05, 3.63) is 75.5 Å². The van der Waals surface area contributed by atoms with Crippen LogP contribution < -0.4 is 10.6 Å². The highest BCUT2D eigenvalue weighted by molar-refractivity contribution is 7.80. The third-order valence-electron chi connectivity index (χ3n) is 4.06. The summed E-state index contributed by atoms with van der Waals surface area (Å²) in [5.74, 6) is -0.212. The maximum Gasteiger partial charge on any atom is 0.416 e. The topological polar surface area (TPSA) is 54.3 Å². The smallest absolute Gasteiger partial charge is 0.416 e. The van der Waals surface area contributed by atoms with E-state index in [1.807, 2.05) is 13.0 Å². The molecule has 4 nitrogen and oxygen atoms in total. The summed E-state index contributed by atoms with van der Waals surface area (Å²) >= 11 is 17.0. The van der Waals surface area contributed by atoms with E-state index in [9.17, 15) is 18.0 Å². The summed E-state index contributed by atoms with van der Waals surface area (Å²) in [5, 5.41) is 5.18. The number of thiocarbonyl (C=S) groups is 1. The van der Waals surface area contributed by atoms with Crippen LogP contribution in [0.2, 0.25) is 10.0 Å². The lowest BCUT2D eigenvalue weighted by atomic mass is 10.1. The molecule has 0 saturated heterocycles. The van der Waals surface area contributed by atoms with Gasteiger partial charge in [-0.15, -0.1) is 0 Å². The summed E-state index contributed by atoms with van der Waals surface area (Å²) in [6.07, 6.45) is -4.52. The Kier molecular flexibility index (Phi) is 6.40. The lowest BCUT2D eigenvalue weighted by Gasteiger charge is -2.12. The molecule has 0 unspecified atom stereocenters. The zero-order chi connectivity index (χ0) is 22.1. The van der Waals surface area contributed by atoms with Gasteiger partial charge in [0.05, 0.1) is 16.3 Å². The molecule has 0 radical (unpaired) electrons. The third-order valence-corrected chi connectivity index (χ3v) is 4.98. The molecule has 156 valence electrons. The van der Waals surface area contributed by atoms with Crippen LogP contribution in [0.5, 0.6) is 0 Å². The number of halogens is 5. The molecular weight excluding hydrogens is 460 g/mol. The van der Waals surface area contributed by atoms with Crippen molar-refractivity contribution in [3.63, 3.8) is 0 Å². The van der Waals surface area contributed by atoms with Crippen LogP contribution in [0.3, 0.4) is 0 Å². The SMILES string of the molecule is Cc1ccc(-c2ccc(C(=O)NC(=S)Nc3ccc(C(F)(F)F)cc3Cl)o2)cc1Cl. The normalized spacial score (nSPS) is 11.3. The maximum absolute atomic E-state index is 12.7. The monoisotopic (exact) mass is 472 g/mol. The van der Waals surface area contributed by atoms with Gasteiger partial charge in [0.2, 0.25) is 0 Å². The first-order valence-electron chi connectivity index (χ1n) is 8.40. The van der Waals surface area contributed by atoms with Crippen LogP contribution in [0.4, 0.5) is 18.9 Å². The number of alkyl halides is 3. The van der Waals surface area contributed by atoms with Gasteiger partial charge in [0.15, 0.2) is 10.9 Å². The van der Waals surface area contributed by atoms with E-state index in [-0.39, 0.29) is 21.6 Å². The Bertz CT molecular complexity index is 1130. The van der Waals surface area contributed by atoms with Gasteiger partial charge in [0, 0.05) is 10.6 Å². The predicted octanol–water partition coefficient (Wildman–Crippen LogP) is 6.71. The molecule has 0 aliphatic rings. The van der Waals surface area contributed by atoms with Gasteiger partial charge in [-0.05, 0) is 61.1 Å². The molecule has 1 heterocycles. The quantitative estimate of drug-likeness (QED) is 0.416. The zero-order valence-corrected chi connectivity index (χ0v) is 17.6. The second-order valence-corrected chi connectivity index (χ2v) is 7.45. The van der Waals surface area contributed by atoms with Crippen molar-refractivity contribution in [1.82, 2.24) is 5.32 Å². The van der Waals surface area contributed by atoms with Gasteiger partial charge in [-0.25, -0.2) is 0 Å². The van der Waals surface area contributed by atoms with E-state index in [0.29, 0.717) is 16.3 Å². The molecule has 0 atom stereocenters. The predicted molar refractivity (Wildman–Crippen MR) is 114 cm³/mol. The average molecular weight is 473 g/mol. The molecule has 2 N–H and O–H groups in total. The third kappa shape index (κ3) is 5.13. The van der Waals surface area contributed by atoms with Gasteiger partial charge in [-0.3, -0.25) is 10.1 Å². The Balaban J connectivity index is 1.67. The van der Waals surface area contributed by atoms with Crippen LogP contribution in [-0.2, 0) is 6.18 Å². The molecule has 1 amide bonds. The van der Waals surface area contributed by atoms with Crippen LogP contribution in [0, 0.1) is 6.92 Å².